The topological polar surface area (TPSA) is 44.1 Å². The highest BCUT2D eigenvalue weighted by Crippen LogP contribution is 2.26. The summed E-state index contributed by atoms with van der Waals surface area (Å²) < 4.78 is 6.65. The van der Waals surface area contributed by atoms with Crippen molar-refractivity contribution in [3.05, 3.63) is 33.2 Å². The van der Waals surface area contributed by atoms with Gasteiger partial charge in [0.25, 0.3) is 0 Å². The highest BCUT2D eigenvalue weighted by molar-refractivity contribution is 7.12. The molecule has 0 aliphatic heterocycles. The van der Waals surface area contributed by atoms with E-state index < -0.39 is 0 Å². The first kappa shape index (κ1) is 12.1. The molecule has 6 heteroatoms. The number of thiophene rings is 1. The van der Waals surface area contributed by atoms with Gasteiger partial charge in [-0.05, 0) is 6.92 Å². The molecule has 2 aromatic rings. The standard InChI is InChI=1S/C11H11ClN2O2S/c1-3-14-10(8(12)5-13-14)11(15)9-4-7(16-2)6-17-9/h4-6H,3H2,1-2H3. The van der Waals surface area contributed by atoms with Crippen LogP contribution in [-0.2, 0) is 6.54 Å². The average Bonchev–Trinajstić information content (AvgIpc) is 2.94. The molecule has 0 atom stereocenters. The van der Waals surface area contributed by atoms with E-state index in [0.717, 1.165) is 0 Å². The fraction of sp³-hybridized carbons (Fsp3) is 0.273. The number of rotatable bonds is 4. The van der Waals surface area contributed by atoms with Gasteiger partial charge in [-0.25, -0.2) is 0 Å². The summed E-state index contributed by atoms with van der Waals surface area (Å²) in [5, 5.41) is 6.21. The number of ketones is 1. The number of halogens is 1. The molecule has 0 spiro atoms. The molecule has 0 bridgehead atoms. The Labute approximate surface area is 108 Å². The summed E-state index contributed by atoms with van der Waals surface area (Å²) in [5.41, 5.74) is 0.429. The van der Waals surface area contributed by atoms with Crippen LogP contribution in [0.25, 0.3) is 0 Å². The van der Waals surface area contributed by atoms with Gasteiger partial charge in [-0.1, -0.05) is 11.6 Å². The zero-order valence-electron chi connectivity index (χ0n) is 9.44. The van der Waals surface area contributed by atoms with Crippen LogP contribution in [0.15, 0.2) is 17.6 Å². The number of carbonyl (C=O) groups is 1. The molecule has 2 heterocycles. The summed E-state index contributed by atoms with van der Waals surface area (Å²) in [6, 6.07) is 1.70. The molecule has 0 aliphatic rings. The van der Waals surface area contributed by atoms with Gasteiger partial charge in [0, 0.05) is 18.0 Å². The quantitative estimate of drug-likeness (QED) is 0.803. The summed E-state index contributed by atoms with van der Waals surface area (Å²) >= 11 is 7.31. The SMILES string of the molecule is CCn1ncc(Cl)c1C(=O)c1cc(OC)cs1. The molecular weight excluding hydrogens is 260 g/mol. The van der Waals surface area contributed by atoms with E-state index in [-0.39, 0.29) is 5.78 Å². The van der Waals surface area contributed by atoms with E-state index in [9.17, 15) is 4.79 Å². The third kappa shape index (κ3) is 2.21. The van der Waals surface area contributed by atoms with E-state index in [0.29, 0.717) is 27.9 Å². The van der Waals surface area contributed by atoms with E-state index in [1.54, 1.807) is 23.2 Å². The Hall–Kier alpha value is -1.33. The Kier molecular flexibility index (Phi) is 3.49. The minimum atomic E-state index is -0.123. The van der Waals surface area contributed by atoms with E-state index in [2.05, 4.69) is 5.10 Å². The van der Waals surface area contributed by atoms with E-state index in [1.807, 2.05) is 6.92 Å². The number of methoxy groups -OCH3 is 1. The van der Waals surface area contributed by atoms with E-state index in [4.69, 9.17) is 16.3 Å². The van der Waals surface area contributed by atoms with Crippen molar-refractivity contribution >= 4 is 28.7 Å². The van der Waals surface area contributed by atoms with E-state index >= 15 is 0 Å². The van der Waals surface area contributed by atoms with Gasteiger partial charge in [0.15, 0.2) is 0 Å². The molecule has 0 N–H and O–H groups in total. The summed E-state index contributed by atoms with van der Waals surface area (Å²) in [5.74, 6) is 0.555. The lowest BCUT2D eigenvalue weighted by Crippen LogP contribution is -2.09. The fourth-order valence-electron chi connectivity index (χ4n) is 1.49. The number of nitrogens with zero attached hydrogens (tertiary/aromatic N) is 2. The summed E-state index contributed by atoms with van der Waals surface area (Å²) in [6.45, 7) is 2.52. The molecule has 0 amide bonds. The van der Waals surface area contributed by atoms with Crippen molar-refractivity contribution < 1.29 is 9.53 Å². The first-order valence-electron chi connectivity index (χ1n) is 5.06. The van der Waals surface area contributed by atoms with E-state index in [1.165, 1.54) is 17.5 Å². The highest BCUT2D eigenvalue weighted by Gasteiger charge is 2.20. The number of aryl methyl sites for hydroxylation is 1. The van der Waals surface area contributed by atoms with Crippen molar-refractivity contribution in [2.75, 3.05) is 7.11 Å². The van der Waals surface area contributed by atoms with Crippen molar-refractivity contribution in [3.8, 4) is 5.75 Å². The first-order chi connectivity index (χ1) is 8.17. The minimum Gasteiger partial charge on any atom is -0.496 e. The molecule has 4 nitrogen and oxygen atoms in total. The van der Waals surface area contributed by atoms with Crippen molar-refractivity contribution in [1.82, 2.24) is 9.78 Å². The maximum atomic E-state index is 12.2. The van der Waals surface area contributed by atoms with Crippen molar-refractivity contribution in [3.63, 3.8) is 0 Å². The van der Waals surface area contributed by atoms with Gasteiger partial charge in [-0.15, -0.1) is 11.3 Å². The minimum absolute atomic E-state index is 0.123. The van der Waals surface area contributed by atoms with Crippen molar-refractivity contribution in [1.29, 1.82) is 0 Å². The van der Waals surface area contributed by atoms with Crippen LogP contribution < -0.4 is 4.74 Å². The van der Waals surface area contributed by atoms with Crippen LogP contribution >= 0.6 is 22.9 Å². The molecule has 0 radical (unpaired) electrons. The second-order valence-corrected chi connectivity index (χ2v) is 4.66. The number of hydrogen-bond donors (Lipinski definition) is 0. The lowest BCUT2D eigenvalue weighted by molar-refractivity contribution is 0.103. The lowest BCUT2D eigenvalue weighted by atomic mass is 10.2. The number of ether oxygens (including phenoxy) is 1. The molecule has 0 aliphatic carbocycles. The maximum Gasteiger partial charge on any atom is 0.222 e. The smallest absolute Gasteiger partial charge is 0.222 e. The van der Waals surface area contributed by atoms with Crippen LogP contribution in [0.2, 0.25) is 5.02 Å². The van der Waals surface area contributed by atoms with Gasteiger partial charge in [0.05, 0.1) is 23.2 Å². The van der Waals surface area contributed by atoms with Crippen LogP contribution in [0.4, 0.5) is 0 Å². The first-order valence-corrected chi connectivity index (χ1v) is 6.31. The van der Waals surface area contributed by atoms with Crippen LogP contribution in [-0.4, -0.2) is 22.7 Å². The van der Waals surface area contributed by atoms with Gasteiger partial charge in [-0.3, -0.25) is 9.48 Å². The average molecular weight is 271 g/mol. The molecule has 17 heavy (non-hydrogen) atoms. The summed E-state index contributed by atoms with van der Waals surface area (Å²) in [7, 11) is 1.57. The maximum absolute atomic E-state index is 12.2. The summed E-state index contributed by atoms with van der Waals surface area (Å²) in [6.07, 6.45) is 1.49. The Bertz CT molecular complexity index is 547. The Morgan fingerprint density at radius 1 is 1.65 bits per heavy atom. The number of carbonyl (C=O) groups excluding carboxylic acids is 1. The lowest BCUT2D eigenvalue weighted by Gasteiger charge is -2.02. The molecule has 0 saturated heterocycles. The largest absolute Gasteiger partial charge is 0.496 e. The molecule has 2 rings (SSSR count). The Morgan fingerprint density at radius 2 is 2.41 bits per heavy atom. The number of hydrogen-bond acceptors (Lipinski definition) is 4. The normalized spacial score (nSPS) is 10.5. The Morgan fingerprint density at radius 3 is 3.00 bits per heavy atom. The van der Waals surface area contributed by atoms with Crippen molar-refractivity contribution in [2.45, 2.75) is 13.5 Å². The van der Waals surface area contributed by atoms with Gasteiger partial charge >= 0.3 is 0 Å². The third-order valence-corrected chi connectivity index (χ3v) is 3.53. The zero-order valence-corrected chi connectivity index (χ0v) is 11.0. The monoisotopic (exact) mass is 270 g/mol. The molecule has 0 fully saturated rings. The zero-order chi connectivity index (χ0) is 12.4. The van der Waals surface area contributed by atoms with Gasteiger partial charge in [-0.2, -0.15) is 5.10 Å². The highest BCUT2D eigenvalue weighted by atomic mass is 35.5. The molecule has 0 saturated carbocycles. The molecule has 2 aromatic heterocycles. The van der Waals surface area contributed by atoms with Gasteiger partial charge in [0.2, 0.25) is 5.78 Å². The Balaban J connectivity index is 2.39. The molecule has 0 aromatic carbocycles. The predicted octanol–water partition coefficient (Wildman–Crippen LogP) is 2.86. The van der Waals surface area contributed by atoms with Gasteiger partial charge in [0.1, 0.15) is 11.4 Å². The second-order valence-electron chi connectivity index (χ2n) is 3.34. The summed E-state index contributed by atoms with van der Waals surface area (Å²) in [4.78, 5) is 12.8. The third-order valence-electron chi connectivity index (χ3n) is 2.34. The number of aromatic nitrogens is 2. The van der Waals surface area contributed by atoms with Crippen LogP contribution in [0.5, 0.6) is 5.75 Å². The van der Waals surface area contributed by atoms with Crippen LogP contribution in [0.1, 0.15) is 22.3 Å². The molecule has 90 valence electrons. The fourth-order valence-corrected chi connectivity index (χ4v) is 2.51. The van der Waals surface area contributed by atoms with Crippen LogP contribution in [0.3, 0.4) is 0 Å². The van der Waals surface area contributed by atoms with Gasteiger partial charge < -0.3 is 4.74 Å². The molecule has 0 unspecified atom stereocenters. The molecular formula is C11H11ClN2O2S. The van der Waals surface area contributed by atoms with Crippen molar-refractivity contribution in [2.24, 2.45) is 0 Å². The second kappa shape index (κ2) is 4.89. The van der Waals surface area contributed by atoms with Crippen LogP contribution in [0, 0.1) is 0 Å². The predicted molar refractivity (Wildman–Crippen MR) is 67.2 cm³/mol.